The van der Waals surface area contributed by atoms with Gasteiger partial charge in [-0.2, -0.15) is 0 Å². The van der Waals surface area contributed by atoms with Crippen LogP contribution in [0.5, 0.6) is 0 Å². The van der Waals surface area contributed by atoms with Crippen LogP contribution in [0.1, 0.15) is 5.56 Å². The molecule has 0 unspecified atom stereocenters. The molecule has 1 aromatic carbocycles. The number of nitrogens with one attached hydrogen (secondary N) is 1. The van der Waals surface area contributed by atoms with Crippen molar-refractivity contribution >= 4 is 43.5 Å². The lowest BCUT2D eigenvalue weighted by Crippen LogP contribution is -2.22. The van der Waals surface area contributed by atoms with E-state index in [0.29, 0.717) is 5.13 Å². The van der Waals surface area contributed by atoms with Gasteiger partial charge in [0.1, 0.15) is 5.75 Å². The van der Waals surface area contributed by atoms with Crippen LogP contribution in [-0.2, 0) is 14.6 Å². The molecule has 0 aliphatic rings. The van der Waals surface area contributed by atoms with Crippen molar-refractivity contribution in [3.05, 3.63) is 52.7 Å². The summed E-state index contributed by atoms with van der Waals surface area (Å²) < 4.78 is 24.5. The summed E-state index contributed by atoms with van der Waals surface area (Å²) in [6, 6.07) is 10.3. The molecule has 0 saturated heterocycles. The minimum Gasteiger partial charge on any atom is -0.301 e. The van der Waals surface area contributed by atoms with E-state index >= 15 is 0 Å². The molecule has 0 bridgehead atoms. The van der Waals surface area contributed by atoms with Gasteiger partial charge >= 0.3 is 0 Å². The summed E-state index contributed by atoms with van der Waals surface area (Å²) in [5.41, 5.74) is 1.73. The van der Waals surface area contributed by atoms with Crippen LogP contribution in [0.2, 0.25) is 0 Å². The fraction of sp³-hybridized carbons (Fsp3) is 0.125. The first-order valence-electron chi connectivity index (χ1n) is 7.03. The minimum absolute atomic E-state index is 0.140. The maximum absolute atomic E-state index is 12.3. The van der Waals surface area contributed by atoms with Crippen molar-refractivity contribution in [3.8, 4) is 10.6 Å². The summed E-state index contributed by atoms with van der Waals surface area (Å²) >= 11 is 2.82. The van der Waals surface area contributed by atoms with E-state index in [1.807, 2.05) is 29.8 Å². The smallest absolute Gasteiger partial charge is 0.241 e. The van der Waals surface area contributed by atoms with Crippen molar-refractivity contribution in [2.75, 3.05) is 11.1 Å². The molecular weight excluding hydrogens is 364 g/mol. The van der Waals surface area contributed by atoms with E-state index < -0.39 is 21.5 Å². The van der Waals surface area contributed by atoms with E-state index in [0.717, 1.165) is 16.1 Å². The van der Waals surface area contributed by atoms with Crippen molar-refractivity contribution in [1.29, 1.82) is 0 Å². The van der Waals surface area contributed by atoms with E-state index in [1.54, 1.807) is 23.5 Å². The number of hydrogen-bond acceptors (Lipinski definition) is 6. The van der Waals surface area contributed by atoms with Gasteiger partial charge in [-0.05, 0) is 30.5 Å². The van der Waals surface area contributed by atoms with Crippen molar-refractivity contribution in [2.45, 2.75) is 11.8 Å². The van der Waals surface area contributed by atoms with Gasteiger partial charge in [-0.3, -0.25) is 4.79 Å². The molecule has 0 fully saturated rings. The number of nitrogens with zero attached hydrogens (tertiary/aromatic N) is 1. The van der Waals surface area contributed by atoms with E-state index in [-0.39, 0.29) is 4.90 Å². The number of benzene rings is 1. The fourth-order valence-corrected chi connectivity index (χ4v) is 4.65. The number of carbonyl (C=O) groups excluding carboxylic acids is 1. The summed E-state index contributed by atoms with van der Waals surface area (Å²) in [7, 11) is -3.67. The number of thiophene rings is 1. The molecule has 124 valence electrons. The largest absolute Gasteiger partial charge is 0.301 e. The van der Waals surface area contributed by atoms with Gasteiger partial charge in [-0.15, -0.1) is 22.7 Å². The lowest BCUT2D eigenvalue weighted by molar-refractivity contribution is -0.113. The lowest BCUT2D eigenvalue weighted by Gasteiger charge is -2.05. The first kappa shape index (κ1) is 16.8. The number of rotatable bonds is 5. The summed E-state index contributed by atoms with van der Waals surface area (Å²) in [5, 5.41) is 6.72. The Hall–Kier alpha value is -2.03. The number of amides is 1. The predicted molar refractivity (Wildman–Crippen MR) is 97.3 cm³/mol. The molecule has 1 amide bonds. The first-order valence-corrected chi connectivity index (χ1v) is 10.4. The Bertz CT molecular complexity index is 943. The van der Waals surface area contributed by atoms with Crippen LogP contribution in [0.4, 0.5) is 5.13 Å². The highest BCUT2D eigenvalue weighted by Gasteiger charge is 2.20. The molecule has 0 spiro atoms. The Kier molecular flexibility index (Phi) is 4.79. The molecule has 0 aliphatic heterocycles. The maximum Gasteiger partial charge on any atom is 0.241 e. The van der Waals surface area contributed by atoms with E-state index in [2.05, 4.69) is 10.3 Å². The first-order chi connectivity index (χ1) is 11.4. The van der Waals surface area contributed by atoms with Gasteiger partial charge in [0.25, 0.3) is 0 Å². The van der Waals surface area contributed by atoms with Crippen molar-refractivity contribution in [2.24, 2.45) is 0 Å². The maximum atomic E-state index is 12.3. The monoisotopic (exact) mass is 378 g/mol. The van der Waals surface area contributed by atoms with Crippen LogP contribution >= 0.6 is 22.7 Å². The topological polar surface area (TPSA) is 76.1 Å². The van der Waals surface area contributed by atoms with Crippen LogP contribution < -0.4 is 5.32 Å². The van der Waals surface area contributed by atoms with Crippen LogP contribution in [-0.4, -0.2) is 25.1 Å². The predicted octanol–water partition coefficient (Wildman–Crippen LogP) is 3.59. The highest BCUT2D eigenvalue weighted by Crippen LogP contribution is 2.28. The Labute approximate surface area is 147 Å². The molecule has 2 heterocycles. The average molecular weight is 378 g/mol. The molecule has 1 N–H and O–H groups in total. The number of carbonyl (C=O) groups is 1. The fourth-order valence-electron chi connectivity index (χ4n) is 2.03. The van der Waals surface area contributed by atoms with Gasteiger partial charge in [0.05, 0.1) is 15.5 Å². The van der Waals surface area contributed by atoms with Gasteiger partial charge in [-0.1, -0.05) is 23.8 Å². The molecule has 3 aromatic rings. The molecule has 0 aliphatic carbocycles. The molecule has 2 aromatic heterocycles. The number of sulfone groups is 1. The third kappa shape index (κ3) is 3.89. The van der Waals surface area contributed by atoms with Gasteiger partial charge in [0.15, 0.2) is 15.0 Å². The minimum atomic E-state index is -3.67. The summed E-state index contributed by atoms with van der Waals surface area (Å²) in [4.78, 5) is 17.5. The lowest BCUT2D eigenvalue weighted by atomic mass is 10.2. The van der Waals surface area contributed by atoms with Crippen LogP contribution in [0.25, 0.3) is 10.6 Å². The third-order valence-corrected chi connectivity index (χ3v) is 6.51. The summed E-state index contributed by atoms with van der Waals surface area (Å²) in [6.07, 6.45) is 0. The third-order valence-electron chi connectivity index (χ3n) is 3.23. The van der Waals surface area contributed by atoms with E-state index in [4.69, 9.17) is 0 Å². The second-order valence-electron chi connectivity index (χ2n) is 5.14. The molecular formula is C16H14N2O3S3. The number of aromatic nitrogens is 1. The second-order valence-corrected chi connectivity index (χ2v) is 8.93. The van der Waals surface area contributed by atoms with Gasteiger partial charge in [0, 0.05) is 5.38 Å². The van der Waals surface area contributed by atoms with Crippen LogP contribution in [0, 0.1) is 6.92 Å². The molecule has 3 rings (SSSR count). The zero-order chi connectivity index (χ0) is 17.2. The molecule has 0 saturated carbocycles. The number of anilines is 1. The second kappa shape index (κ2) is 6.84. The van der Waals surface area contributed by atoms with Gasteiger partial charge in [-0.25, -0.2) is 13.4 Å². The van der Waals surface area contributed by atoms with Crippen molar-refractivity contribution in [1.82, 2.24) is 4.98 Å². The van der Waals surface area contributed by atoms with Crippen LogP contribution in [0.3, 0.4) is 0 Å². The Morgan fingerprint density at radius 1 is 1.17 bits per heavy atom. The SMILES string of the molecule is Cc1ccc(S(=O)(=O)CC(=O)Nc2nc(-c3cccs3)cs2)cc1. The number of aryl methyl sites for hydroxylation is 1. The van der Waals surface area contributed by atoms with Crippen LogP contribution in [0.15, 0.2) is 52.1 Å². The highest BCUT2D eigenvalue weighted by atomic mass is 32.2. The standard InChI is InChI=1S/C16H14N2O3S3/c1-11-4-6-12(7-5-11)24(20,21)10-15(19)18-16-17-13(9-23-16)14-3-2-8-22-14/h2-9H,10H2,1H3,(H,17,18,19). The average Bonchev–Trinajstić information content (AvgIpc) is 3.17. The zero-order valence-electron chi connectivity index (χ0n) is 12.7. The Morgan fingerprint density at radius 2 is 1.92 bits per heavy atom. The highest BCUT2D eigenvalue weighted by molar-refractivity contribution is 7.92. The molecule has 8 heteroatoms. The van der Waals surface area contributed by atoms with E-state index in [9.17, 15) is 13.2 Å². The molecule has 0 atom stereocenters. The van der Waals surface area contributed by atoms with E-state index in [1.165, 1.54) is 23.5 Å². The van der Waals surface area contributed by atoms with Crippen molar-refractivity contribution < 1.29 is 13.2 Å². The Balaban J connectivity index is 1.68. The zero-order valence-corrected chi connectivity index (χ0v) is 15.2. The van der Waals surface area contributed by atoms with Gasteiger partial charge in [0.2, 0.25) is 5.91 Å². The summed E-state index contributed by atoms with van der Waals surface area (Å²) in [6.45, 7) is 1.87. The van der Waals surface area contributed by atoms with Gasteiger partial charge < -0.3 is 5.32 Å². The van der Waals surface area contributed by atoms with Crippen molar-refractivity contribution in [3.63, 3.8) is 0 Å². The Morgan fingerprint density at radius 3 is 2.58 bits per heavy atom. The number of hydrogen-bond donors (Lipinski definition) is 1. The molecule has 24 heavy (non-hydrogen) atoms. The normalized spacial score (nSPS) is 11.4. The molecule has 0 radical (unpaired) electrons. The number of thiazole rings is 1. The summed E-state index contributed by atoms with van der Waals surface area (Å²) in [5.74, 6) is -1.20. The molecule has 5 nitrogen and oxygen atoms in total. The quantitative estimate of drug-likeness (QED) is 0.736.